The third-order valence-corrected chi connectivity index (χ3v) is 5.53. The molecule has 0 spiro atoms. The second-order valence-electron chi connectivity index (χ2n) is 5.75. The van der Waals surface area contributed by atoms with E-state index < -0.39 is 0 Å². The molecule has 0 aliphatic heterocycles. The van der Waals surface area contributed by atoms with Crippen LogP contribution >= 0.6 is 22.7 Å². The van der Waals surface area contributed by atoms with Crippen LogP contribution in [0.5, 0.6) is 0 Å². The van der Waals surface area contributed by atoms with Gasteiger partial charge in [0.05, 0.1) is 19.4 Å². The van der Waals surface area contributed by atoms with E-state index in [9.17, 15) is 9.59 Å². The zero-order valence-corrected chi connectivity index (χ0v) is 15.9. The summed E-state index contributed by atoms with van der Waals surface area (Å²) < 4.78 is 5.04. The summed E-state index contributed by atoms with van der Waals surface area (Å²) in [7, 11) is 0. The van der Waals surface area contributed by atoms with Crippen LogP contribution in [-0.4, -0.2) is 23.3 Å². The topological polar surface area (TPSA) is 62.6 Å². The van der Waals surface area contributed by atoms with Gasteiger partial charge in [-0.2, -0.15) is 0 Å². The Morgan fingerprint density at radius 2 is 1.69 bits per heavy atom. The van der Waals surface area contributed by atoms with Crippen molar-refractivity contribution >= 4 is 34.5 Å². The van der Waals surface area contributed by atoms with E-state index in [4.69, 9.17) is 4.42 Å². The van der Waals surface area contributed by atoms with Crippen molar-refractivity contribution in [2.75, 3.05) is 6.54 Å². The molecule has 0 radical (unpaired) electrons. The number of thiophene rings is 2. The van der Waals surface area contributed by atoms with Crippen molar-refractivity contribution in [1.82, 2.24) is 10.2 Å². The molecule has 0 unspecified atom stereocenters. The van der Waals surface area contributed by atoms with Crippen molar-refractivity contribution in [3.63, 3.8) is 0 Å². The van der Waals surface area contributed by atoms with Crippen LogP contribution in [0.1, 0.15) is 33.2 Å². The van der Waals surface area contributed by atoms with Gasteiger partial charge in [-0.15, -0.1) is 22.7 Å². The van der Waals surface area contributed by atoms with Gasteiger partial charge in [-0.05, 0) is 41.4 Å². The highest BCUT2D eigenvalue weighted by molar-refractivity contribution is 7.10. The van der Waals surface area contributed by atoms with Crippen LogP contribution in [0, 0.1) is 0 Å². The van der Waals surface area contributed by atoms with Gasteiger partial charge in [0.1, 0.15) is 0 Å². The van der Waals surface area contributed by atoms with Gasteiger partial charge >= 0.3 is 0 Å². The fourth-order valence-corrected chi connectivity index (χ4v) is 3.95. The summed E-state index contributed by atoms with van der Waals surface area (Å²) in [6.07, 6.45) is 2.46. The highest BCUT2D eigenvalue weighted by Crippen LogP contribution is 2.18. The lowest BCUT2D eigenvalue weighted by molar-refractivity contribution is -0.132. The largest absolute Gasteiger partial charge is 0.459 e. The quantitative estimate of drug-likeness (QED) is 0.560. The molecule has 3 aromatic heterocycles. The van der Waals surface area contributed by atoms with Crippen molar-refractivity contribution in [3.05, 3.63) is 68.9 Å². The normalized spacial score (nSPS) is 10.6. The molecule has 7 heteroatoms. The summed E-state index contributed by atoms with van der Waals surface area (Å²) in [5, 5.41) is 6.81. The molecule has 0 aromatic carbocycles. The van der Waals surface area contributed by atoms with Gasteiger partial charge in [0, 0.05) is 22.7 Å². The Labute approximate surface area is 160 Å². The van der Waals surface area contributed by atoms with Gasteiger partial charge in [-0.25, -0.2) is 0 Å². The average molecular weight is 389 g/mol. The van der Waals surface area contributed by atoms with Crippen LogP contribution in [0.25, 0.3) is 0 Å². The van der Waals surface area contributed by atoms with E-state index in [0.29, 0.717) is 32.5 Å². The van der Waals surface area contributed by atoms with Crippen LogP contribution in [0.15, 0.2) is 57.8 Å². The predicted octanol–water partition coefficient (Wildman–Crippen LogP) is 4.14. The Hall–Kier alpha value is -2.38. The fraction of sp³-hybridized carbons (Fsp3) is 0.263. The van der Waals surface area contributed by atoms with Crippen molar-refractivity contribution in [2.45, 2.75) is 25.9 Å². The van der Waals surface area contributed by atoms with Crippen LogP contribution in [-0.2, 0) is 17.9 Å². The minimum absolute atomic E-state index is 0.0963. The molecule has 0 aliphatic carbocycles. The van der Waals surface area contributed by atoms with Crippen molar-refractivity contribution in [2.24, 2.45) is 0 Å². The lowest BCUT2D eigenvalue weighted by Gasteiger charge is -2.21. The SMILES string of the molecule is O=C(NCCCC(=O)N(Cc1cccs1)Cc1cccs1)c1ccco1. The first-order valence-corrected chi connectivity index (χ1v) is 10.1. The standard InChI is InChI=1S/C19H20N2O3S2/c22-18(8-1-9-20-19(23)17-7-2-10-24-17)21(13-15-5-3-11-25-15)14-16-6-4-12-26-16/h2-7,10-12H,1,8-9,13-14H2,(H,20,23). The third kappa shape index (κ3) is 5.31. The van der Waals surface area contributed by atoms with Crippen molar-refractivity contribution in [1.29, 1.82) is 0 Å². The van der Waals surface area contributed by atoms with Crippen LogP contribution in [0.3, 0.4) is 0 Å². The van der Waals surface area contributed by atoms with E-state index in [2.05, 4.69) is 5.32 Å². The van der Waals surface area contributed by atoms with E-state index in [1.54, 1.807) is 34.8 Å². The first-order valence-electron chi connectivity index (χ1n) is 8.36. The second-order valence-corrected chi connectivity index (χ2v) is 7.81. The molecule has 0 fully saturated rings. The molecule has 0 saturated carbocycles. The molecule has 0 bridgehead atoms. The monoisotopic (exact) mass is 388 g/mol. The summed E-state index contributed by atoms with van der Waals surface area (Å²) in [5.74, 6) is 0.129. The summed E-state index contributed by atoms with van der Waals surface area (Å²) in [6, 6.07) is 11.4. The highest BCUT2D eigenvalue weighted by atomic mass is 32.1. The van der Waals surface area contributed by atoms with Crippen LogP contribution < -0.4 is 5.32 Å². The number of nitrogens with zero attached hydrogens (tertiary/aromatic N) is 1. The summed E-state index contributed by atoms with van der Waals surface area (Å²) in [4.78, 5) is 28.7. The molecule has 3 heterocycles. The van der Waals surface area contributed by atoms with Crippen molar-refractivity contribution < 1.29 is 14.0 Å². The minimum Gasteiger partial charge on any atom is -0.459 e. The van der Waals surface area contributed by atoms with Crippen LogP contribution in [0.2, 0.25) is 0 Å². The second kappa shape index (κ2) is 9.35. The zero-order chi connectivity index (χ0) is 18.2. The highest BCUT2D eigenvalue weighted by Gasteiger charge is 2.16. The molecule has 0 aliphatic rings. The van der Waals surface area contributed by atoms with Gasteiger partial charge in [-0.1, -0.05) is 12.1 Å². The molecule has 3 rings (SSSR count). The first-order chi connectivity index (χ1) is 12.7. The van der Waals surface area contributed by atoms with E-state index in [0.717, 1.165) is 0 Å². The maximum Gasteiger partial charge on any atom is 0.286 e. The van der Waals surface area contributed by atoms with Gasteiger partial charge < -0.3 is 14.6 Å². The molecule has 3 aromatic rings. The van der Waals surface area contributed by atoms with E-state index in [1.165, 1.54) is 16.0 Å². The molecule has 1 N–H and O–H groups in total. The molecule has 0 atom stereocenters. The Bertz CT molecular complexity index is 760. The summed E-state index contributed by atoms with van der Waals surface area (Å²) in [5.41, 5.74) is 0. The minimum atomic E-state index is -0.253. The average Bonchev–Trinajstić information content (AvgIpc) is 3.41. The Morgan fingerprint density at radius 3 is 2.23 bits per heavy atom. The maximum atomic E-state index is 12.7. The summed E-state index contributed by atoms with van der Waals surface area (Å²) in [6.45, 7) is 1.68. The Balaban J connectivity index is 1.49. The van der Waals surface area contributed by atoms with E-state index in [-0.39, 0.29) is 17.6 Å². The molecular weight excluding hydrogens is 368 g/mol. The third-order valence-electron chi connectivity index (χ3n) is 3.80. The van der Waals surface area contributed by atoms with Crippen molar-refractivity contribution in [3.8, 4) is 0 Å². The molecular formula is C19H20N2O3S2. The first kappa shape index (κ1) is 18.4. The number of carbonyl (C=O) groups is 2. The van der Waals surface area contributed by atoms with Gasteiger partial charge in [-0.3, -0.25) is 9.59 Å². The number of nitrogens with one attached hydrogen (secondary N) is 1. The van der Waals surface area contributed by atoms with E-state index in [1.807, 2.05) is 39.9 Å². The molecule has 5 nitrogen and oxygen atoms in total. The smallest absolute Gasteiger partial charge is 0.286 e. The number of carbonyl (C=O) groups excluding carboxylic acids is 2. The van der Waals surface area contributed by atoms with E-state index >= 15 is 0 Å². The van der Waals surface area contributed by atoms with Gasteiger partial charge in [0.15, 0.2) is 5.76 Å². The summed E-state index contributed by atoms with van der Waals surface area (Å²) >= 11 is 3.31. The number of hydrogen-bond acceptors (Lipinski definition) is 5. The number of rotatable bonds is 9. The van der Waals surface area contributed by atoms with Crippen LogP contribution in [0.4, 0.5) is 0 Å². The Kier molecular flexibility index (Phi) is 6.62. The molecule has 136 valence electrons. The fourth-order valence-electron chi connectivity index (χ4n) is 2.51. The maximum absolute atomic E-state index is 12.7. The Morgan fingerprint density at radius 1 is 1.00 bits per heavy atom. The number of amides is 2. The predicted molar refractivity (Wildman–Crippen MR) is 103 cm³/mol. The molecule has 2 amide bonds. The zero-order valence-electron chi connectivity index (χ0n) is 14.2. The van der Waals surface area contributed by atoms with Gasteiger partial charge in [0.25, 0.3) is 5.91 Å². The number of hydrogen-bond donors (Lipinski definition) is 1. The lowest BCUT2D eigenvalue weighted by Crippen LogP contribution is -2.31. The lowest BCUT2D eigenvalue weighted by atomic mass is 10.2. The molecule has 26 heavy (non-hydrogen) atoms. The number of furan rings is 1. The van der Waals surface area contributed by atoms with Gasteiger partial charge in [0.2, 0.25) is 5.91 Å². The molecule has 0 saturated heterocycles.